The Bertz CT molecular complexity index is 229. The van der Waals surface area contributed by atoms with Gasteiger partial charge in [0.1, 0.15) is 5.03 Å². The van der Waals surface area contributed by atoms with Gasteiger partial charge in [0.15, 0.2) is 6.29 Å². The number of rotatable bonds is 5. The summed E-state index contributed by atoms with van der Waals surface area (Å²) in [5, 5.41) is 0.876. The molecular formula is C8H12N2O2S. The summed E-state index contributed by atoms with van der Waals surface area (Å²) in [6, 6.07) is 0. The van der Waals surface area contributed by atoms with E-state index in [0.717, 1.165) is 5.03 Å². The topological polar surface area (TPSA) is 44.2 Å². The van der Waals surface area contributed by atoms with E-state index < -0.39 is 0 Å². The van der Waals surface area contributed by atoms with Crippen LogP contribution in [0.3, 0.4) is 0 Å². The van der Waals surface area contributed by atoms with Gasteiger partial charge in [0.25, 0.3) is 0 Å². The monoisotopic (exact) mass is 200 g/mol. The molecule has 4 nitrogen and oxygen atoms in total. The largest absolute Gasteiger partial charge is 0.355 e. The predicted molar refractivity (Wildman–Crippen MR) is 50.6 cm³/mol. The fourth-order valence-electron chi connectivity index (χ4n) is 0.746. The van der Waals surface area contributed by atoms with Crippen LogP contribution < -0.4 is 0 Å². The van der Waals surface area contributed by atoms with E-state index in [-0.39, 0.29) is 6.29 Å². The molecule has 0 saturated heterocycles. The summed E-state index contributed by atoms with van der Waals surface area (Å²) in [7, 11) is 3.23. The summed E-state index contributed by atoms with van der Waals surface area (Å²) >= 11 is 1.55. The highest BCUT2D eigenvalue weighted by Crippen LogP contribution is 2.15. The third-order valence-electron chi connectivity index (χ3n) is 1.43. The molecule has 1 rings (SSSR count). The van der Waals surface area contributed by atoms with Crippen molar-refractivity contribution in [2.24, 2.45) is 0 Å². The van der Waals surface area contributed by atoms with Gasteiger partial charge < -0.3 is 9.47 Å². The second-order valence-electron chi connectivity index (χ2n) is 2.26. The van der Waals surface area contributed by atoms with Crippen LogP contribution in [0.5, 0.6) is 0 Å². The summed E-state index contributed by atoms with van der Waals surface area (Å²) in [4.78, 5) is 8.06. The zero-order valence-electron chi connectivity index (χ0n) is 7.64. The molecule has 0 unspecified atom stereocenters. The molecule has 0 aliphatic rings. The summed E-state index contributed by atoms with van der Waals surface area (Å²) in [6.45, 7) is 0. The summed E-state index contributed by atoms with van der Waals surface area (Å²) in [5.41, 5.74) is 0. The normalized spacial score (nSPS) is 10.7. The van der Waals surface area contributed by atoms with Gasteiger partial charge in [0.05, 0.1) is 11.9 Å². The first kappa shape index (κ1) is 10.4. The minimum absolute atomic E-state index is 0.188. The van der Waals surface area contributed by atoms with Crippen molar-refractivity contribution in [1.82, 2.24) is 9.97 Å². The van der Waals surface area contributed by atoms with Crippen LogP contribution in [0.15, 0.2) is 23.6 Å². The minimum Gasteiger partial charge on any atom is -0.355 e. The minimum atomic E-state index is -0.188. The first-order valence-corrected chi connectivity index (χ1v) is 4.79. The highest BCUT2D eigenvalue weighted by molar-refractivity contribution is 7.99. The van der Waals surface area contributed by atoms with Crippen molar-refractivity contribution in [3.63, 3.8) is 0 Å². The molecule has 1 aromatic rings. The first-order valence-electron chi connectivity index (χ1n) is 3.81. The Hall–Kier alpha value is -0.650. The lowest BCUT2D eigenvalue weighted by Gasteiger charge is -2.11. The average Bonchev–Trinajstić information content (AvgIpc) is 2.21. The lowest BCUT2D eigenvalue weighted by Crippen LogP contribution is -2.15. The summed E-state index contributed by atoms with van der Waals surface area (Å²) in [5.74, 6) is 0.714. The highest BCUT2D eigenvalue weighted by Gasteiger charge is 2.05. The van der Waals surface area contributed by atoms with Crippen molar-refractivity contribution >= 4 is 11.8 Å². The number of methoxy groups -OCH3 is 2. The van der Waals surface area contributed by atoms with Gasteiger partial charge in [0, 0.05) is 26.6 Å². The smallest absolute Gasteiger partial charge is 0.166 e. The zero-order valence-corrected chi connectivity index (χ0v) is 8.45. The number of aromatic nitrogens is 2. The van der Waals surface area contributed by atoms with Crippen LogP contribution in [-0.2, 0) is 9.47 Å². The molecule has 0 radical (unpaired) electrons. The van der Waals surface area contributed by atoms with Crippen molar-refractivity contribution in [2.75, 3.05) is 20.0 Å². The Morgan fingerprint density at radius 3 is 2.69 bits per heavy atom. The molecule has 13 heavy (non-hydrogen) atoms. The van der Waals surface area contributed by atoms with Crippen LogP contribution in [-0.4, -0.2) is 36.2 Å². The molecule has 0 amide bonds. The number of ether oxygens (including phenoxy) is 2. The Balaban J connectivity index is 2.34. The van der Waals surface area contributed by atoms with Gasteiger partial charge in [-0.25, -0.2) is 4.98 Å². The van der Waals surface area contributed by atoms with Crippen LogP contribution in [0.2, 0.25) is 0 Å². The third-order valence-corrected chi connectivity index (χ3v) is 2.38. The maximum absolute atomic E-state index is 5.03. The second kappa shape index (κ2) is 5.90. The van der Waals surface area contributed by atoms with E-state index in [1.165, 1.54) is 0 Å². The SMILES string of the molecule is COC(CSc1cnccn1)OC. The molecule has 1 heterocycles. The van der Waals surface area contributed by atoms with Gasteiger partial charge in [0.2, 0.25) is 0 Å². The Kier molecular flexibility index (Phi) is 4.74. The fourth-order valence-corrected chi connectivity index (χ4v) is 1.60. The molecule has 5 heteroatoms. The van der Waals surface area contributed by atoms with Crippen molar-refractivity contribution in [2.45, 2.75) is 11.3 Å². The fraction of sp³-hybridized carbons (Fsp3) is 0.500. The molecule has 0 aliphatic carbocycles. The van der Waals surface area contributed by atoms with Gasteiger partial charge in [-0.3, -0.25) is 4.98 Å². The Morgan fingerprint density at radius 2 is 2.15 bits per heavy atom. The van der Waals surface area contributed by atoms with Gasteiger partial charge in [-0.15, -0.1) is 0 Å². The van der Waals surface area contributed by atoms with E-state index >= 15 is 0 Å². The molecule has 0 aromatic carbocycles. The third kappa shape index (κ3) is 3.71. The van der Waals surface area contributed by atoms with E-state index in [0.29, 0.717) is 5.75 Å². The van der Waals surface area contributed by atoms with Gasteiger partial charge >= 0.3 is 0 Å². The van der Waals surface area contributed by atoms with Crippen LogP contribution in [0.1, 0.15) is 0 Å². The quantitative estimate of drug-likeness (QED) is 0.527. The number of thioether (sulfide) groups is 1. The molecule has 0 saturated carbocycles. The summed E-state index contributed by atoms with van der Waals surface area (Å²) in [6.07, 6.45) is 4.84. The summed E-state index contributed by atoms with van der Waals surface area (Å²) < 4.78 is 10.1. The van der Waals surface area contributed by atoms with E-state index in [1.54, 1.807) is 44.6 Å². The predicted octanol–water partition coefficient (Wildman–Crippen LogP) is 1.19. The van der Waals surface area contributed by atoms with E-state index in [4.69, 9.17) is 9.47 Å². The first-order chi connectivity index (χ1) is 6.36. The molecule has 0 spiro atoms. The standard InChI is InChI=1S/C8H12N2O2S/c1-11-8(12-2)6-13-7-5-9-3-4-10-7/h3-5,8H,6H2,1-2H3. The molecule has 0 fully saturated rings. The number of nitrogens with zero attached hydrogens (tertiary/aromatic N) is 2. The van der Waals surface area contributed by atoms with Crippen molar-refractivity contribution in [3.8, 4) is 0 Å². The molecule has 72 valence electrons. The van der Waals surface area contributed by atoms with Gasteiger partial charge in [-0.05, 0) is 0 Å². The Labute approximate surface area is 81.7 Å². The molecule has 0 atom stereocenters. The van der Waals surface area contributed by atoms with Gasteiger partial charge in [-0.1, -0.05) is 11.8 Å². The van der Waals surface area contributed by atoms with Crippen LogP contribution in [0.4, 0.5) is 0 Å². The zero-order chi connectivity index (χ0) is 9.52. The van der Waals surface area contributed by atoms with E-state index in [9.17, 15) is 0 Å². The van der Waals surface area contributed by atoms with E-state index in [1.807, 2.05) is 0 Å². The maximum Gasteiger partial charge on any atom is 0.166 e. The van der Waals surface area contributed by atoms with Crippen LogP contribution >= 0.6 is 11.8 Å². The maximum atomic E-state index is 5.03. The van der Waals surface area contributed by atoms with Gasteiger partial charge in [-0.2, -0.15) is 0 Å². The van der Waals surface area contributed by atoms with Crippen molar-refractivity contribution in [3.05, 3.63) is 18.6 Å². The average molecular weight is 200 g/mol. The molecule has 1 aromatic heterocycles. The van der Waals surface area contributed by atoms with E-state index in [2.05, 4.69) is 9.97 Å². The van der Waals surface area contributed by atoms with Crippen LogP contribution in [0, 0.1) is 0 Å². The molecular weight excluding hydrogens is 188 g/mol. The number of hydrogen-bond acceptors (Lipinski definition) is 5. The second-order valence-corrected chi connectivity index (χ2v) is 3.30. The number of hydrogen-bond donors (Lipinski definition) is 0. The lowest BCUT2D eigenvalue weighted by atomic mass is 10.7. The lowest BCUT2D eigenvalue weighted by molar-refractivity contribution is -0.0842. The van der Waals surface area contributed by atoms with Crippen molar-refractivity contribution in [1.29, 1.82) is 0 Å². The molecule has 0 bridgehead atoms. The molecule has 0 aliphatic heterocycles. The molecule has 0 N–H and O–H groups in total. The van der Waals surface area contributed by atoms with Crippen LogP contribution in [0.25, 0.3) is 0 Å². The Morgan fingerprint density at radius 1 is 1.38 bits per heavy atom. The van der Waals surface area contributed by atoms with Crippen molar-refractivity contribution < 1.29 is 9.47 Å². The highest BCUT2D eigenvalue weighted by atomic mass is 32.2.